The highest BCUT2D eigenvalue weighted by molar-refractivity contribution is 7.91. The lowest BCUT2D eigenvalue weighted by atomic mass is 9.83. The van der Waals surface area contributed by atoms with Gasteiger partial charge in [0, 0.05) is 36.6 Å². The van der Waals surface area contributed by atoms with Gasteiger partial charge in [0.15, 0.2) is 9.84 Å². The van der Waals surface area contributed by atoms with Crippen molar-refractivity contribution < 1.29 is 13.2 Å². The SMILES string of the molecule is O=C(C1CCC1)N1CCN(Cc2ccc(Cl)cc2)[C@H]2CS(=O)(=O)C[C@H]21. The minimum atomic E-state index is -3.10. The minimum absolute atomic E-state index is 0.0987. The number of carbonyl (C=O) groups excluding carboxylic acids is 1. The van der Waals surface area contributed by atoms with Gasteiger partial charge in [-0.1, -0.05) is 30.2 Å². The van der Waals surface area contributed by atoms with Gasteiger partial charge in [-0.2, -0.15) is 0 Å². The molecule has 3 fully saturated rings. The summed E-state index contributed by atoms with van der Waals surface area (Å²) in [5, 5.41) is 0.695. The molecule has 1 aliphatic carbocycles. The lowest BCUT2D eigenvalue weighted by Crippen LogP contribution is -2.61. The van der Waals surface area contributed by atoms with Crippen molar-refractivity contribution in [2.45, 2.75) is 37.9 Å². The second-order valence-corrected chi connectivity index (χ2v) is 10.1. The maximum atomic E-state index is 12.7. The molecular weight excluding hydrogens is 360 g/mol. The van der Waals surface area contributed by atoms with Crippen LogP contribution in [0.5, 0.6) is 0 Å². The normalized spacial score (nSPS) is 29.2. The summed E-state index contributed by atoms with van der Waals surface area (Å²) in [6.45, 7) is 2.04. The first-order valence-electron chi connectivity index (χ1n) is 8.92. The molecule has 0 unspecified atom stereocenters. The summed E-state index contributed by atoms with van der Waals surface area (Å²) in [7, 11) is -3.10. The molecule has 1 amide bonds. The quantitative estimate of drug-likeness (QED) is 0.801. The fourth-order valence-electron chi connectivity index (χ4n) is 4.21. The average Bonchev–Trinajstić information content (AvgIpc) is 2.83. The van der Waals surface area contributed by atoms with Crippen molar-refractivity contribution in [1.82, 2.24) is 9.80 Å². The van der Waals surface area contributed by atoms with E-state index in [-0.39, 0.29) is 35.4 Å². The van der Waals surface area contributed by atoms with Gasteiger partial charge in [0.05, 0.1) is 17.5 Å². The monoisotopic (exact) mass is 382 g/mol. The van der Waals surface area contributed by atoms with Crippen molar-refractivity contribution in [3.63, 3.8) is 0 Å². The number of hydrogen-bond donors (Lipinski definition) is 0. The molecule has 0 radical (unpaired) electrons. The number of halogens is 1. The molecule has 0 bridgehead atoms. The number of sulfone groups is 1. The number of hydrogen-bond acceptors (Lipinski definition) is 4. The topological polar surface area (TPSA) is 57.7 Å². The van der Waals surface area contributed by atoms with Gasteiger partial charge in [0.25, 0.3) is 0 Å². The van der Waals surface area contributed by atoms with Gasteiger partial charge in [-0.05, 0) is 30.5 Å². The molecular formula is C18H23ClN2O3S. The molecule has 2 heterocycles. The number of piperazine rings is 1. The Morgan fingerprint density at radius 2 is 1.76 bits per heavy atom. The molecule has 3 aliphatic rings. The molecule has 5 nitrogen and oxygen atoms in total. The van der Waals surface area contributed by atoms with Gasteiger partial charge in [-0.15, -0.1) is 0 Å². The third kappa shape index (κ3) is 3.44. The molecule has 4 rings (SSSR count). The van der Waals surface area contributed by atoms with Crippen molar-refractivity contribution in [2.24, 2.45) is 5.92 Å². The standard InChI is InChI=1S/C18H23ClN2O3S/c19-15-6-4-13(5-7-15)10-20-8-9-21(18(22)14-2-1-3-14)17-12-25(23,24)11-16(17)20/h4-7,14,16-17H,1-3,8-12H2/t16-,17+/m0/s1. The molecule has 2 atom stereocenters. The van der Waals surface area contributed by atoms with E-state index in [0.29, 0.717) is 18.1 Å². The Hall–Kier alpha value is -1.11. The van der Waals surface area contributed by atoms with Crippen LogP contribution in [0.1, 0.15) is 24.8 Å². The molecule has 2 saturated heterocycles. The van der Waals surface area contributed by atoms with E-state index >= 15 is 0 Å². The van der Waals surface area contributed by atoms with E-state index < -0.39 is 9.84 Å². The lowest BCUT2D eigenvalue weighted by molar-refractivity contribution is -0.144. The van der Waals surface area contributed by atoms with E-state index in [2.05, 4.69) is 4.90 Å². The Morgan fingerprint density at radius 3 is 2.40 bits per heavy atom. The molecule has 25 heavy (non-hydrogen) atoms. The fraction of sp³-hybridized carbons (Fsp3) is 0.611. The molecule has 0 N–H and O–H groups in total. The van der Waals surface area contributed by atoms with Gasteiger partial charge in [0.1, 0.15) is 0 Å². The number of carbonyl (C=O) groups is 1. The average molecular weight is 383 g/mol. The zero-order valence-corrected chi connectivity index (χ0v) is 15.7. The largest absolute Gasteiger partial charge is 0.336 e. The van der Waals surface area contributed by atoms with Gasteiger partial charge in [-0.25, -0.2) is 8.42 Å². The number of benzene rings is 1. The number of nitrogens with zero attached hydrogens (tertiary/aromatic N) is 2. The second kappa shape index (κ2) is 6.56. The first kappa shape index (κ1) is 17.3. The molecule has 1 aromatic rings. The predicted octanol–water partition coefficient (Wildman–Crippen LogP) is 1.95. The summed E-state index contributed by atoms with van der Waals surface area (Å²) < 4.78 is 24.6. The summed E-state index contributed by atoms with van der Waals surface area (Å²) in [6.07, 6.45) is 3.02. The molecule has 7 heteroatoms. The predicted molar refractivity (Wildman–Crippen MR) is 97.1 cm³/mol. The van der Waals surface area contributed by atoms with E-state index in [1.807, 2.05) is 29.2 Å². The van der Waals surface area contributed by atoms with E-state index in [9.17, 15) is 13.2 Å². The Bertz CT molecular complexity index is 761. The van der Waals surface area contributed by atoms with Crippen molar-refractivity contribution in [1.29, 1.82) is 0 Å². The first-order chi connectivity index (χ1) is 11.9. The molecule has 1 saturated carbocycles. The lowest BCUT2D eigenvalue weighted by Gasteiger charge is -2.45. The zero-order valence-electron chi connectivity index (χ0n) is 14.1. The third-order valence-electron chi connectivity index (χ3n) is 5.83. The van der Waals surface area contributed by atoms with Crippen molar-refractivity contribution in [3.05, 3.63) is 34.9 Å². The summed E-state index contributed by atoms with van der Waals surface area (Å²) >= 11 is 5.95. The number of rotatable bonds is 3. The third-order valence-corrected chi connectivity index (χ3v) is 7.78. The van der Waals surface area contributed by atoms with Gasteiger partial charge in [0.2, 0.25) is 5.91 Å². The highest BCUT2D eigenvalue weighted by atomic mass is 35.5. The number of amides is 1. The molecule has 136 valence electrons. The van der Waals surface area contributed by atoms with Crippen molar-refractivity contribution in [3.8, 4) is 0 Å². The van der Waals surface area contributed by atoms with Crippen LogP contribution in [0.4, 0.5) is 0 Å². The summed E-state index contributed by atoms with van der Waals surface area (Å²) in [4.78, 5) is 16.8. The maximum Gasteiger partial charge on any atom is 0.226 e. The van der Waals surface area contributed by atoms with Gasteiger partial charge >= 0.3 is 0 Å². The smallest absolute Gasteiger partial charge is 0.226 e. The van der Waals surface area contributed by atoms with E-state index in [1.54, 1.807) is 0 Å². The van der Waals surface area contributed by atoms with Crippen LogP contribution in [0, 0.1) is 5.92 Å². The van der Waals surface area contributed by atoms with E-state index in [4.69, 9.17) is 11.6 Å². The van der Waals surface area contributed by atoms with Crippen LogP contribution in [-0.2, 0) is 21.2 Å². The van der Waals surface area contributed by atoms with Gasteiger partial charge < -0.3 is 4.90 Å². The fourth-order valence-corrected chi connectivity index (χ4v) is 6.35. The Labute approximate surface area is 153 Å². The number of fused-ring (bicyclic) bond motifs is 1. The zero-order chi connectivity index (χ0) is 17.6. The Kier molecular flexibility index (Phi) is 4.54. The van der Waals surface area contributed by atoms with Crippen molar-refractivity contribution in [2.75, 3.05) is 24.6 Å². The molecule has 2 aliphatic heterocycles. The van der Waals surface area contributed by atoms with Crippen LogP contribution in [-0.4, -0.2) is 60.8 Å². The minimum Gasteiger partial charge on any atom is -0.336 e. The van der Waals surface area contributed by atoms with Crippen LogP contribution < -0.4 is 0 Å². The maximum absolute atomic E-state index is 12.7. The molecule has 1 aromatic carbocycles. The van der Waals surface area contributed by atoms with E-state index in [1.165, 1.54) is 0 Å². The van der Waals surface area contributed by atoms with Crippen LogP contribution in [0.2, 0.25) is 5.02 Å². The second-order valence-electron chi connectivity index (χ2n) is 7.47. The van der Waals surface area contributed by atoms with Crippen LogP contribution >= 0.6 is 11.6 Å². The Balaban J connectivity index is 1.53. The van der Waals surface area contributed by atoms with Crippen LogP contribution in [0.3, 0.4) is 0 Å². The van der Waals surface area contributed by atoms with Gasteiger partial charge in [-0.3, -0.25) is 9.69 Å². The van der Waals surface area contributed by atoms with Crippen molar-refractivity contribution >= 4 is 27.3 Å². The summed E-state index contributed by atoms with van der Waals surface area (Å²) in [5.41, 5.74) is 1.12. The van der Waals surface area contributed by atoms with Crippen LogP contribution in [0.15, 0.2) is 24.3 Å². The first-order valence-corrected chi connectivity index (χ1v) is 11.1. The highest BCUT2D eigenvalue weighted by Crippen LogP contribution is 2.34. The van der Waals surface area contributed by atoms with Crippen LogP contribution in [0.25, 0.3) is 0 Å². The molecule has 0 aromatic heterocycles. The summed E-state index contributed by atoms with van der Waals surface area (Å²) in [5.74, 6) is 0.545. The van der Waals surface area contributed by atoms with E-state index in [0.717, 1.165) is 31.4 Å². The molecule has 0 spiro atoms. The Morgan fingerprint density at radius 1 is 1.08 bits per heavy atom. The highest BCUT2D eigenvalue weighted by Gasteiger charge is 2.49. The summed E-state index contributed by atoms with van der Waals surface area (Å²) in [6, 6.07) is 7.38.